The quantitative estimate of drug-likeness (QED) is 0.779. The van der Waals surface area contributed by atoms with Crippen molar-refractivity contribution in [1.29, 1.82) is 0 Å². The molecule has 0 aliphatic carbocycles. The minimum atomic E-state index is 0.788. The standard InChI is InChI=1S/C10H12N4S/c1-2-4-9(5-3-1)8-15-7-6-10-11-13-14-12-10/h1-5H,6-8H2,(H,11,12,13,14). The summed E-state index contributed by atoms with van der Waals surface area (Å²) in [5, 5.41) is 13.8. The third-order valence-electron chi connectivity index (χ3n) is 1.97. The van der Waals surface area contributed by atoms with Crippen LogP contribution >= 0.6 is 11.8 Å². The number of hydrogen-bond donors (Lipinski definition) is 1. The number of aromatic amines is 1. The Balaban J connectivity index is 1.68. The summed E-state index contributed by atoms with van der Waals surface area (Å²) < 4.78 is 0. The van der Waals surface area contributed by atoms with Gasteiger partial charge >= 0.3 is 0 Å². The maximum Gasteiger partial charge on any atom is 0.175 e. The SMILES string of the molecule is c1ccc(CSCCc2nn[nH]n2)cc1. The van der Waals surface area contributed by atoms with Crippen molar-refractivity contribution in [2.75, 3.05) is 5.75 Å². The van der Waals surface area contributed by atoms with Gasteiger partial charge in [-0.1, -0.05) is 35.5 Å². The number of aryl methyl sites for hydroxylation is 1. The van der Waals surface area contributed by atoms with Crippen LogP contribution in [0.15, 0.2) is 30.3 Å². The van der Waals surface area contributed by atoms with Gasteiger partial charge in [-0.3, -0.25) is 0 Å². The van der Waals surface area contributed by atoms with Gasteiger partial charge in [0, 0.05) is 17.9 Å². The van der Waals surface area contributed by atoms with Crippen LogP contribution in [0.4, 0.5) is 0 Å². The van der Waals surface area contributed by atoms with E-state index >= 15 is 0 Å². The Hall–Kier alpha value is -1.36. The number of tetrazole rings is 1. The Morgan fingerprint density at radius 3 is 2.80 bits per heavy atom. The van der Waals surface area contributed by atoms with E-state index in [0.717, 1.165) is 23.8 Å². The second kappa shape index (κ2) is 5.50. The summed E-state index contributed by atoms with van der Waals surface area (Å²) in [5.41, 5.74) is 1.36. The zero-order valence-electron chi connectivity index (χ0n) is 8.26. The number of nitrogens with zero attached hydrogens (tertiary/aromatic N) is 3. The fourth-order valence-electron chi connectivity index (χ4n) is 1.22. The van der Waals surface area contributed by atoms with Crippen LogP contribution < -0.4 is 0 Å². The predicted octanol–water partition coefficient (Wildman–Crippen LogP) is 1.68. The lowest BCUT2D eigenvalue weighted by Crippen LogP contribution is -1.92. The Labute approximate surface area is 92.5 Å². The molecular formula is C10H12N4S. The Morgan fingerprint density at radius 2 is 2.07 bits per heavy atom. The van der Waals surface area contributed by atoms with E-state index in [1.165, 1.54) is 5.56 Å². The molecule has 0 radical (unpaired) electrons. The number of nitrogens with one attached hydrogen (secondary N) is 1. The number of rotatable bonds is 5. The van der Waals surface area contributed by atoms with Crippen LogP contribution in [0.25, 0.3) is 0 Å². The average molecular weight is 220 g/mol. The molecule has 0 fully saturated rings. The van der Waals surface area contributed by atoms with Crippen molar-refractivity contribution in [3.05, 3.63) is 41.7 Å². The van der Waals surface area contributed by atoms with E-state index in [1.54, 1.807) is 0 Å². The van der Waals surface area contributed by atoms with Crippen LogP contribution in [0.5, 0.6) is 0 Å². The van der Waals surface area contributed by atoms with Gasteiger partial charge in [0.2, 0.25) is 0 Å². The van der Waals surface area contributed by atoms with E-state index in [2.05, 4.69) is 44.9 Å². The van der Waals surface area contributed by atoms with E-state index in [1.807, 2.05) is 17.8 Å². The first-order valence-electron chi connectivity index (χ1n) is 4.79. The topological polar surface area (TPSA) is 54.5 Å². The molecule has 0 unspecified atom stereocenters. The number of H-pyrrole nitrogens is 1. The van der Waals surface area contributed by atoms with Gasteiger partial charge in [0.1, 0.15) is 0 Å². The summed E-state index contributed by atoms with van der Waals surface area (Å²) in [5.74, 6) is 2.85. The fraction of sp³-hybridized carbons (Fsp3) is 0.300. The van der Waals surface area contributed by atoms with Crippen molar-refractivity contribution in [1.82, 2.24) is 20.6 Å². The van der Waals surface area contributed by atoms with E-state index in [-0.39, 0.29) is 0 Å². The summed E-state index contributed by atoms with van der Waals surface area (Å²) >= 11 is 1.88. The Morgan fingerprint density at radius 1 is 1.20 bits per heavy atom. The van der Waals surface area contributed by atoms with Crippen molar-refractivity contribution in [2.24, 2.45) is 0 Å². The van der Waals surface area contributed by atoms with Crippen molar-refractivity contribution >= 4 is 11.8 Å². The zero-order chi connectivity index (χ0) is 10.3. The molecule has 0 bridgehead atoms. The van der Waals surface area contributed by atoms with Gasteiger partial charge in [-0.25, -0.2) is 0 Å². The zero-order valence-corrected chi connectivity index (χ0v) is 9.07. The molecular weight excluding hydrogens is 208 g/mol. The maximum absolute atomic E-state index is 3.90. The summed E-state index contributed by atoms with van der Waals surface area (Å²) in [4.78, 5) is 0. The molecule has 0 spiro atoms. The Bertz CT molecular complexity index is 374. The summed E-state index contributed by atoms with van der Waals surface area (Å²) in [6.45, 7) is 0. The fourth-order valence-corrected chi connectivity index (χ4v) is 2.12. The van der Waals surface area contributed by atoms with E-state index < -0.39 is 0 Å². The second-order valence-electron chi connectivity index (χ2n) is 3.12. The minimum Gasteiger partial charge on any atom is -0.177 e. The highest BCUT2D eigenvalue weighted by molar-refractivity contribution is 7.98. The van der Waals surface area contributed by atoms with Gasteiger partial charge in [-0.2, -0.15) is 17.0 Å². The molecule has 1 aromatic heterocycles. The maximum atomic E-state index is 3.90. The lowest BCUT2D eigenvalue weighted by molar-refractivity contribution is 0.881. The number of benzene rings is 1. The van der Waals surface area contributed by atoms with Gasteiger partial charge in [0.15, 0.2) is 5.82 Å². The van der Waals surface area contributed by atoms with Crippen LogP contribution in [-0.2, 0) is 12.2 Å². The van der Waals surface area contributed by atoms with Crippen LogP contribution in [0.1, 0.15) is 11.4 Å². The summed E-state index contributed by atoms with van der Waals surface area (Å²) in [6.07, 6.45) is 0.869. The molecule has 2 aromatic rings. The lowest BCUT2D eigenvalue weighted by atomic mass is 10.2. The van der Waals surface area contributed by atoms with Crippen LogP contribution in [0.2, 0.25) is 0 Å². The molecule has 0 aliphatic rings. The molecule has 0 saturated heterocycles. The first-order valence-corrected chi connectivity index (χ1v) is 5.94. The molecule has 0 atom stereocenters. The number of thioether (sulfide) groups is 1. The highest BCUT2D eigenvalue weighted by Gasteiger charge is 1.98. The molecule has 15 heavy (non-hydrogen) atoms. The van der Waals surface area contributed by atoms with Crippen LogP contribution in [0, 0.1) is 0 Å². The molecule has 1 heterocycles. The van der Waals surface area contributed by atoms with E-state index in [9.17, 15) is 0 Å². The van der Waals surface area contributed by atoms with Crippen molar-refractivity contribution < 1.29 is 0 Å². The van der Waals surface area contributed by atoms with Gasteiger partial charge < -0.3 is 0 Å². The molecule has 4 nitrogen and oxygen atoms in total. The molecule has 0 amide bonds. The molecule has 1 aromatic carbocycles. The highest BCUT2D eigenvalue weighted by Crippen LogP contribution is 2.12. The van der Waals surface area contributed by atoms with E-state index in [4.69, 9.17) is 0 Å². The second-order valence-corrected chi connectivity index (χ2v) is 4.22. The number of aromatic nitrogens is 4. The van der Waals surface area contributed by atoms with Gasteiger partial charge in [-0.15, -0.1) is 10.2 Å². The predicted molar refractivity (Wildman–Crippen MR) is 60.5 cm³/mol. The van der Waals surface area contributed by atoms with Gasteiger partial charge in [0.05, 0.1) is 0 Å². The highest BCUT2D eigenvalue weighted by atomic mass is 32.2. The van der Waals surface area contributed by atoms with Crippen molar-refractivity contribution in [3.63, 3.8) is 0 Å². The summed E-state index contributed by atoms with van der Waals surface area (Å²) in [6, 6.07) is 10.4. The smallest absolute Gasteiger partial charge is 0.175 e. The lowest BCUT2D eigenvalue weighted by Gasteiger charge is -1.99. The van der Waals surface area contributed by atoms with Crippen LogP contribution in [-0.4, -0.2) is 26.4 Å². The molecule has 0 saturated carbocycles. The minimum absolute atomic E-state index is 0.788. The molecule has 78 valence electrons. The molecule has 5 heteroatoms. The molecule has 2 rings (SSSR count). The summed E-state index contributed by atoms with van der Waals surface area (Å²) in [7, 11) is 0. The third-order valence-corrected chi connectivity index (χ3v) is 3.00. The third kappa shape index (κ3) is 3.36. The average Bonchev–Trinajstić information content (AvgIpc) is 2.79. The number of hydrogen-bond acceptors (Lipinski definition) is 4. The van der Waals surface area contributed by atoms with Crippen LogP contribution in [0.3, 0.4) is 0 Å². The van der Waals surface area contributed by atoms with Gasteiger partial charge in [0.25, 0.3) is 0 Å². The van der Waals surface area contributed by atoms with E-state index in [0.29, 0.717) is 0 Å². The first-order chi connectivity index (χ1) is 7.45. The first kappa shape index (κ1) is 10.2. The van der Waals surface area contributed by atoms with Gasteiger partial charge in [-0.05, 0) is 5.56 Å². The Kier molecular flexibility index (Phi) is 3.73. The van der Waals surface area contributed by atoms with Crippen molar-refractivity contribution in [2.45, 2.75) is 12.2 Å². The molecule has 0 aliphatic heterocycles. The molecule has 1 N–H and O–H groups in total. The monoisotopic (exact) mass is 220 g/mol. The normalized spacial score (nSPS) is 10.4. The largest absolute Gasteiger partial charge is 0.177 e. The van der Waals surface area contributed by atoms with Crippen molar-refractivity contribution in [3.8, 4) is 0 Å².